The van der Waals surface area contributed by atoms with Gasteiger partial charge in [0, 0.05) is 12.2 Å². The smallest absolute Gasteiger partial charge is 0.145 e. The Kier molecular flexibility index (Phi) is 2.88. The van der Waals surface area contributed by atoms with Crippen LogP contribution in [0.1, 0.15) is 17.8 Å². The van der Waals surface area contributed by atoms with Gasteiger partial charge in [-0.15, -0.1) is 5.10 Å². The van der Waals surface area contributed by atoms with E-state index >= 15 is 0 Å². The second-order valence-electron chi connectivity index (χ2n) is 4.96. The van der Waals surface area contributed by atoms with Crippen LogP contribution in [0.25, 0.3) is 5.69 Å². The highest BCUT2D eigenvalue weighted by Crippen LogP contribution is 2.23. The molecule has 3 aromatic rings. The standard InChI is InChI=1S/C14H14N6O/c1-2-6-14(13(5-1)20-10-15-17-18-20)21-9-11-8-12-4-3-7-19(12)16-11/h1-2,5-6,8,10H,3-4,7,9H2. The van der Waals surface area contributed by atoms with Gasteiger partial charge in [-0.1, -0.05) is 12.1 Å². The number of rotatable bonds is 4. The van der Waals surface area contributed by atoms with Crippen molar-refractivity contribution in [2.75, 3.05) is 0 Å². The van der Waals surface area contributed by atoms with E-state index in [0.717, 1.165) is 30.1 Å². The van der Waals surface area contributed by atoms with Crippen LogP contribution in [0, 0.1) is 0 Å². The van der Waals surface area contributed by atoms with Gasteiger partial charge in [0.15, 0.2) is 0 Å². The molecule has 1 aliphatic heterocycles. The summed E-state index contributed by atoms with van der Waals surface area (Å²) in [6.07, 6.45) is 3.84. The second-order valence-corrected chi connectivity index (χ2v) is 4.96. The number of aromatic nitrogens is 6. The van der Waals surface area contributed by atoms with Gasteiger partial charge in [0.25, 0.3) is 0 Å². The lowest BCUT2D eigenvalue weighted by atomic mass is 10.2. The molecule has 0 saturated heterocycles. The Labute approximate surface area is 121 Å². The number of hydrogen-bond donors (Lipinski definition) is 0. The fourth-order valence-corrected chi connectivity index (χ4v) is 2.58. The summed E-state index contributed by atoms with van der Waals surface area (Å²) in [5.41, 5.74) is 3.06. The topological polar surface area (TPSA) is 70.7 Å². The third kappa shape index (κ3) is 2.26. The van der Waals surface area contributed by atoms with Crippen LogP contribution in [-0.2, 0) is 19.6 Å². The van der Waals surface area contributed by atoms with Crippen molar-refractivity contribution in [1.82, 2.24) is 30.0 Å². The number of nitrogens with zero attached hydrogens (tertiary/aromatic N) is 6. The van der Waals surface area contributed by atoms with Crippen LogP contribution in [0.5, 0.6) is 5.75 Å². The van der Waals surface area contributed by atoms with Gasteiger partial charge in [-0.05, 0) is 41.5 Å². The average Bonchev–Trinajstić information content (AvgIpc) is 3.22. The van der Waals surface area contributed by atoms with Crippen LogP contribution in [-0.4, -0.2) is 30.0 Å². The number of benzene rings is 1. The van der Waals surface area contributed by atoms with E-state index in [9.17, 15) is 0 Å². The van der Waals surface area contributed by atoms with Gasteiger partial charge in [-0.25, -0.2) is 0 Å². The summed E-state index contributed by atoms with van der Waals surface area (Å²) in [5.74, 6) is 0.734. The van der Waals surface area contributed by atoms with Crippen molar-refractivity contribution in [2.24, 2.45) is 0 Å². The molecule has 0 spiro atoms. The van der Waals surface area contributed by atoms with Crippen LogP contribution in [0.4, 0.5) is 0 Å². The molecule has 1 aliphatic rings. The number of fused-ring (bicyclic) bond motifs is 1. The Bertz CT molecular complexity index is 727. The van der Waals surface area contributed by atoms with Crippen LogP contribution in [0.15, 0.2) is 36.7 Å². The van der Waals surface area contributed by atoms with Crippen molar-refractivity contribution < 1.29 is 4.74 Å². The summed E-state index contributed by atoms with van der Waals surface area (Å²) >= 11 is 0. The summed E-state index contributed by atoms with van der Waals surface area (Å²) in [6.45, 7) is 1.45. The molecule has 0 aliphatic carbocycles. The first-order chi connectivity index (χ1) is 10.4. The molecule has 0 amide bonds. The second kappa shape index (κ2) is 5.01. The highest BCUT2D eigenvalue weighted by molar-refractivity contribution is 5.45. The first-order valence-electron chi connectivity index (χ1n) is 6.91. The maximum absolute atomic E-state index is 5.89. The minimum atomic E-state index is 0.444. The van der Waals surface area contributed by atoms with Crippen molar-refractivity contribution in [3.8, 4) is 11.4 Å². The van der Waals surface area contributed by atoms with E-state index in [1.807, 2.05) is 24.3 Å². The molecule has 4 rings (SSSR count). The van der Waals surface area contributed by atoms with Crippen molar-refractivity contribution in [1.29, 1.82) is 0 Å². The van der Waals surface area contributed by atoms with E-state index in [0.29, 0.717) is 6.61 Å². The fourth-order valence-electron chi connectivity index (χ4n) is 2.58. The first kappa shape index (κ1) is 12.1. The molecule has 0 bridgehead atoms. The molecule has 7 nitrogen and oxygen atoms in total. The lowest BCUT2D eigenvalue weighted by Crippen LogP contribution is -2.03. The maximum atomic E-state index is 5.89. The van der Waals surface area contributed by atoms with Crippen molar-refractivity contribution in [3.05, 3.63) is 48.0 Å². The normalized spacial score (nSPS) is 13.3. The summed E-state index contributed by atoms with van der Waals surface area (Å²) in [7, 11) is 0. The Morgan fingerprint density at radius 2 is 2.19 bits per heavy atom. The monoisotopic (exact) mass is 282 g/mol. The zero-order valence-electron chi connectivity index (χ0n) is 11.4. The Balaban J connectivity index is 1.54. The number of aryl methyl sites for hydroxylation is 2. The van der Waals surface area contributed by atoms with E-state index < -0.39 is 0 Å². The molecule has 1 aromatic carbocycles. The lowest BCUT2D eigenvalue weighted by Gasteiger charge is -2.09. The molecule has 21 heavy (non-hydrogen) atoms. The SMILES string of the molecule is c1ccc(-n2cnnn2)c(OCc2cc3n(n2)CCC3)c1. The number of para-hydroxylation sites is 2. The van der Waals surface area contributed by atoms with Crippen LogP contribution in [0.2, 0.25) is 0 Å². The molecule has 3 heterocycles. The Morgan fingerprint density at radius 3 is 3.05 bits per heavy atom. The highest BCUT2D eigenvalue weighted by Gasteiger charge is 2.14. The molecular formula is C14H14N6O. The van der Waals surface area contributed by atoms with Gasteiger partial charge in [0.05, 0.1) is 0 Å². The van der Waals surface area contributed by atoms with E-state index in [1.165, 1.54) is 12.1 Å². The van der Waals surface area contributed by atoms with E-state index in [-0.39, 0.29) is 0 Å². The van der Waals surface area contributed by atoms with Crippen LogP contribution >= 0.6 is 0 Å². The number of tetrazole rings is 1. The third-order valence-electron chi connectivity index (χ3n) is 3.55. The molecule has 106 valence electrons. The van der Waals surface area contributed by atoms with E-state index in [1.54, 1.807) is 11.0 Å². The fraction of sp³-hybridized carbons (Fsp3) is 0.286. The molecule has 0 atom stereocenters. The summed E-state index contributed by atoms with van der Waals surface area (Å²) in [6, 6.07) is 9.79. The summed E-state index contributed by atoms with van der Waals surface area (Å²) < 4.78 is 9.54. The van der Waals surface area contributed by atoms with E-state index in [2.05, 4.69) is 31.4 Å². The Hall–Kier alpha value is -2.70. The maximum Gasteiger partial charge on any atom is 0.145 e. The Morgan fingerprint density at radius 1 is 1.24 bits per heavy atom. The molecule has 0 fully saturated rings. The van der Waals surface area contributed by atoms with Crippen molar-refractivity contribution in [2.45, 2.75) is 26.0 Å². The average molecular weight is 282 g/mol. The predicted molar refractivity (Wildman–Crippen MR) is 74.0 cm³/mol. The third-order valence-corrected chi connectivity index (χ3v) is 3.55. The number of ether oxygens (including phenoxy) is 1. The minimum Gasteiger partial charge on any atom is -0.485 e. The van der Waals surface area contributed by atoms with Crippen molar-refractivity contribution in [3.63, 3.8) is 0 Å². The predicted octanol–water partition coefficient (Wildman–Crippen LogP) is 1.38. The van der Waals surface area contributed by atoms with Gasteiger partial charge in [-0.2, -0.15) is 9.78 Å². The summed E-state index contributed by atoms with van der Waals surface area (Å²) in [4.78, 5) is 0. The van der Waals surface area contributed by atoms with Gasteiger partial charge in [-0.3, -0.25) is 4.68 Å². The molecule has 0 saturated carbocycles. The van der Waals surface area contributed by atoms with Crippen molar-refractivity contribution >= 4 is 0 Å². The molecule has 0 radical (unpaired) electrons. The van der Waals surface area contributed by atoms with Gasteiger partial charge >= 0.3 is 0 Å². The summed E-state index contributed by atoms with van der Waals surface area (Å²) in [5, 5.41) is 15.7. The van der Waals surface area contributed by atoms with Crippen LogP contribution < -0.4 is 4.74 Å². The zero-order chi connectivity index (χ0) is 14.1. The van der Waals surface area contributed by atoms with Gasteiger partial charge in [0.1, 0.15) is 30.1 Å². The van der Waals surface area contributed by atoms with Crippen LogP contribution in [0.3, 0.4) is 0 Å². The zero-order valence-corrected chi connectivity index (χ0v) is 11.4. The van der Waals surface area contributed by atoms with Gasteiger partial charge < -0.3 is 4.74 Å². The first-order valence-corrected chi connectivity index (χ1v) is 6.91. The molecule has 2 aromatic heterocycles. The quantitative estimate of drug-likeness (QED) is 0.723. The highest BCUT2D eigenvalue weighted by atomic mass is 16.5. The molecule has 7 heteroatoms. The molecule has 0 N–H and O–H groups in total. The minimum absolute atomic E-state index is 0.444. The lowest BCUT2D eigenvalue weighted by molar-refractivity contribution is 0.298. The van der Waals surface area contributed by atoms with E-state index in [4.69, 9.17) is 4.74 Å². The number of hydrogen-bond acceptors (Lipinski definition) is 5. The van der Waals surface area contributed by atoms with Gasteiger partial charge in [0.2, 0.25) is 0 Å². The largest absolute Gasteiger partial charge is 0.485 e. The molecular weight excluding hydrogens is 268 g/mol. The molecule has 0 unspecified atom stereocenters.